The molecule has 4 heteroatoms. The van der Waals surface area contributed by atoms with Crippen LogP contribution >= 0.6 is 0 Å². The van der Waals surface area contributed by atoms with E-state index in [1.807, 2.05) is 0 Å². The van der Waals surface area contributed by atoms with Crippen LogP contribution in [-0.2, 0) is 9.53 Å². The zero-order chi connectivity index (χ0) is 8.97. The lowest BCUT2D eigenvalue weighted by atomic mass is 10.2. The second kappa shape index (κ2) is 3.92. The standard InChI is InChI=1S/C8H11NO3/c1-2-11-8(10)7(9)6-4-3-5-12-6/h3-5,7H,2,9H2,1H3/t7-/m1/s1. The Balaban J connectivity index is 2.59. The molecule has 2 N–H and O–H groups in total. The van der Waals surface area contributed by atoms with Crippen molar-refractivity contribution in [3.05, 3.63) is 24.2 Å². The average Bonchev–Trinajstić information content (AvgIpc) is 2.55. The smallest absolute Gasteiger partial charge is 0.330 e. The van der Waals surface area contributed by atoms with Crippen molar-refractivity contribution in [1.29, 1.82) is 0 Å². The van der Waals surface area contributed by atoms with Crippen LogP contribution in [0, 0.1) is 0 Å². The predicted octanol–water partition coefficient (Wildman–Crippen LogP) is 0.842. The van der Waals surface area contributed by atoms with E-state index in [9.17, 15) is 4.79 Å². The lowest BCUT2D eigenvalue weighted by Crippen LogP contribution is -2.23. The Kier molecular flexibility index (Phi) is 2.88. The van der Waals surface area contributed by atoms with Crippen LogP contribution < -0.4 is 5.73 Å². The van der Waals surface area contributed by atoms with Crippen LogP contribution in [0.2, 0.25) is 0 Å². The number of esters is 1. The second-order valence-electron chi connectivity index (χ2n) is 2.25. The lowest BCUT2D eigenvalue weighted by Gasteiger charge is -2.06. The quantitative estimate of drug-likeness (QED) is 0.681. The Morgan fingerprint density at radius 2 is 2.58 bits per heavy atom. The van der Waals surface area contributed by atoms with Crippen LogP contribution in [0.4, 0.5) is 0 Å². The maximum Gasteiger partial charge on any atom is 0.330 e. The molecule has 12 heavy (non-hydrogen) atoms. The first kappa shape index (κ1) is 8.80. The van der Waals surface area contributed by atoms with Crippen molar-refractivity contribution in [2.24, 2.45) is 5.73 Å². The minimum absolute atomic E-state index is 0.327. The van der Waals surface area contributed by atoms with Gasteiger partial charge in [-0.25, -0.2) is 4.79 Å². The maximum absolute atomic E-state index is 11.0. The molecule has 1 heterocycles. The molecule has 4 nitrogen and oxygen atoms in total. The molecule has 0 aromatic carbocycles. The van der Waals surface area contributed by atoms with E-state index in [4.69, 9.17) is 14.9 Å². The van der Waals surface area contributed by atoms with Gasteiger partial charge in [-0.1, -0.05) is 0 Å². The molecule has 0 aliphatic carbocycles. The van der Waals surface area contributed by atoms with E-state index in [0.717, 1.165) is 0 Å². The highest BCUT2D eigenvalue weighted by molar-refractivity contribution is 5.76. The molecule has 0 aliphatic heterocycles. The molecule has 0 fully saturated rings. The molecule has 66 valence electrons. The molecular weight excluding hydrogens is 158 g/mol. The summed E-state index contributed by atoms with van der Waals surface area (Å²) in [6.07, 6.45) is 1.47. The molecule has 1 atom stereocenters. The van der Waals surface area contributed by atoms with Crippen molar-refractivity contribution in [3.8, 4) is 0 Å². The highest BCUT2D eigenvalue weighted by atomic mass is 16.5. The molecule has 0 saturated carbocycles. The number of hydrogen-bond acceptors (Lipinski definition) is 4. The largest absolute Gasteiger partial charge is 0.467 e. The van der Waals surface area contributed by atoms with E-state index < -0.39 is 12.0 Å². The molecule has 0 spiro atoms. The number of furan rings is 1. The zero-order valence-electron chi connectivity index (χ0n) is 6.82. The Hall–Kier alpha value is -1.29. The van der Waals surface area contributed by atoms with Crippen LogP contribution in [0.15, 0.2) is 22.8 Å². The first-order valence-corrected chi connectivity index (χ1v) is 3.71. The van der Waals surface area contributed by atoms with E-state index in [2.05, 4.69) is 0 Å². The van der Waals surface area contributed by atoms with Crippen LogP contribution in [0.5, 0.6) is 0 Å². The fourth-order valence-corrected chi connectivity index (χ4v) is 0.816. The number of rotatable bonds is 3. The van der Waals surface area contributed by atoms with Gasteiger partial charge in [-0.3, -0.25) is 0 Å². The fourth-order valence-electron chi connectivity index (χ4n) is 0.816. The number of hydrogen-bond donors (Lipinski definition) is 1. The van der Waals surface area contributed by atoms with Crippen LogP contribution in [0.25, 0.3) is 0 Å². The molecule has 0 aliphatic rings. The minimum Gasteiger partial charge on any atom is -0.467 e. The third kappa shape index (κ3) is 1.85. The van der Waals surface area contributed by atoms with E-state index in [1.54, 1.807) is 19.1 Å². The van der Waals surface area contributed by atoms with Gasteiger partial charge in [0.15, 0.2) is 6.04 Å². The number of nitrogens with two attached hydrogens (primary N) is 1. The predicted molar refractivity (Wildman–Crippen MR) is 42.3 cm³/mol. The van der Waals surface area contributed by atoms with Gasteiger partial charge in [0, 0.05) is 0 Å². The Labute approximate surface area is 70.3 Å². The van der Waals surface area contributed by atoms with Gasteiger partial charge in [0.05, 0.1) is 12.9 Å². The SMILES string of the molecule is CCOC(=O)[C@H](N)c1ccco1. The second-order valence-corrected chi connectivity index (χ2v) is 2.25. The summed E-state index contributed by atoms with van der Waals surface area (Å²) in [6, 6.07) is 2.51. The van der Waals surface area contributed by atoms with Crippen molar-refractivity contribution in [1.82, 2.24) is 0 Å². The fraction of sp³-hybridized carbons (Fsp3) is 0.375. The summed E-state index contributed by atoms with van der Waals surface area (Å²) >= 11 is 0. The summed E-state index contributed by atoms with van der Waals surface area (Å²) in [4.78, 5) is 11.0. The van der Waals surface area contributed by atoms with E-state index >= 15 is 0 Å². The third-order valence-corrected chi connectivity index (χ3v) is 1.39. The van der Waals surface area contributed by atoms with Gasteiger partial charge in [0.2, 0.25) is 0 Å². The Morgan fingerprint density at radius 1 is 1.83 bits per heavy atom. The molecule has 0 bridgehead atoms. The van der Waals surface area contributed by atoms with Crippen LogP contribution in [0.1, 0.15) is 18.7 Å². The highest BCUT2D eigenvalue weighted by Gasteiger charge is 2.18. The van der Waals surface area contributed by atoms with Gasteiger partial charge in [-0.15, -0.1) is 0 Å². The average molecular weight is 169 g/mol. The molecule has 0 saturated heterocycles. The highest BCUT2D eigenvalue weighted by Crippen LogP contribution is 2.11. The third-order valence-electron chi connectivity index (χ3n) is 1.39. The Bertz CT molecular complexity index is 243. The maximum atomic E-state index is 11.0. The molecule has 0 amide bonds. The van der Waals surface area contributed by atoms with E-state index in [-0.39, 0.29) is 0 Å². The van der Waals surface area contributed by atoms with Crippen LogP contribution in [0.3, 0.4) is 0 Å². The normalized spacial score (nSPS) is 12.5. The number of ether oxygens (including phenoxy) is 1. The van der Waals surface area contributed by atoms with Gasteiger partial charge in [0.1, 0.15) is 5.76 Å². The van der Waals surface area contributed by atoms with Gasteiger partial charge in [-0.05, 0) is 19.1 Å². The van der Waals surface area contributed by atoms with Crippen molar-refractivity contribution >= 4 is 5.97 Å². The summed E-state index contributed by atoms with van der Waals surface area (Å²) in [7, 11) is 0. The molecule has 0 unspecified atom stereocenters. The molecule has 1 aromatic rings. The lowest BCUT2D eigenvalue weighted by molar-refractivity contribution is -0.145. The van der Waals surface area contributed by atoms with Crippen LogP contribution in [-0.4, -0.2) is 12.6 Å². The summed E-state index contributed by atoms with van der Waals surface area (Å²) in [6.45, 7) is 2.06. The monoisotopic (exact) mass is 169 g/mol. The number of carbonyl (C=O) groups is 1. The molecule has 0 radical (unpaired) electrons. The summed E-state index contributed by atoms with van der Waals surface area (Å²) in [5, 5.41) is 0. The van der Waals surface area contributed by atoms with Gasteiger partial charge in [-0.2, -0.15) is 0 Å². The Morgan fingerprint density at radius 3 is 3.08 bits per heavy atom. The zero-order valence-corrected chi connectivity index (χ0v) is 6.82. The van der Waals surface area contributed by atoms with E-state index in [1.165, 1.54) is 6.26 Å². The van der Waals surface area contributed by atoms with E-state index in [0.29, 0.717) is 12.4 Å². The van der Waals surface area contributed by atoms with Crippen molar-refractivity contribution in [3.63, 3.8) is 0 Å². The van der Waals surface area contributed by atoms with Gasteiger partial charge >= 0.3 is 5.97 Å². The van der Waals surface area contributed by atoms with Crippen molar-refractivity contribution in [2.45, 2.75) is 13.0 Å². The topological polar surface area (TPSA) is 65.5 Å². The van der Waals surface area contributed by atoms with Crippen molar-refractivity contribution in [2.75, 3.05) is 6.61 Å². The summed E-state index contributed by atoms with van der Waals surface area (Å²) in [5.74, 6) is -0.0408. The summed E-state index contributed by atoms with van der Waals surface area (Å²) in [5.41, 5.74) is 5.50. The number of carbonyl (C=O) groups excluding carboxylic acids is 1. The first-order valence-electron chi connectivity index (χ1n) is 3.71. The minimum atomic E-state index is -0.806. The summed E-state index contributed by atoms with van der Waals surface area (Å²) < 4.78 is 9.64. The van der Waals surface area contributed by atoms with Crippen molar-refractivity contribution < 1.29 is 13.9 Å². The molecule has 1 rings (SSSR count). The van der Waals surface area contributed by atoms with Gasteiger partial charge in [0.25, 0.3) is 0 Å². The molecule has 1 aromatic heterocycles. The van der Waals surface area contributed by atoms with Gasteiger partial charge < -0.3 is 14.9 Å². The first-order chi connectivity index (χ1) is 5.75. The molecular formula is C8H11NO3.